The Balaban J connectivity index is 2.38. The second-order valence-corrected chi connectivity index (χ2v) is 4.20. The first-order valence-electron chi connectivity index (χ1n) is 5.51. The zero-order chi connectivity index (χ0) is 11.3. The Morgan fingerprint density at radius 3 is 2.93 bits per heavy atom. The van der Waals surface area contributed by atoms with Crippen molar-refractivity contribution in [3.8, 4) is 0 Å². The number of hydrogen-bond donors (Lipinski definition) is 2. The van der Waals surface area contributed by atoms with E-state index in [0.717, 1.165) is 31.6 Å². The molecule has 0 bridgehead atoms. The molecule has 1 heterocycles. The van der Waals surface area contributed by atoms with Gasteiger partial charge >= 0.3 is 0 Å². The SMILES string of the molecule is CCc1nccn1CCCC(C)(O)CN. The normalized spacial score (nSPS) is 15.2. The molecule has 1 atom stereocenters. The van der Waals surface area contributed by atoms with Crippen LogP contribution in [0.5, 0.6) is 0 Å². The predicted molar refractivity (Wildman–Crippen MR) is 60.5 cm³/mol. The summed E-state index contributed by atoms with van der Waals surface area (Å²) in [5.74, 6) is 1.10. The summed E-state index contributed by atoms with van der Waals surface area (Å²) in [4.78, 5) is 4.25. The van der Waals surface area contributed by atoms with Crippen molar-refractivity contribution >= 4 is 0 Å². The highest BCUT2D eigenvalue weighted by Crippen LogP contribution is 2.11. The van der Waals surface area contributed by atoms with Gasteiger partial charge in [0.25, 0.3) is 0 Å². The summed E-state index contributed by atoms with van der Waals surface area (Å²) in [6.45, 7) is 5.09. The van der Waals surface area contributed by atoms with E-state index in [-0.39, 0.29) is 0 Å². The summed E-state index contributed by atoms with van der Waals surface area (Å²) < 4.78 is 2.13. The lowest BCUT2D eigenvalue weighted by molar-refractivity contribution is 0.0566. The van der Waals surface area contributed by atoms with Gasteiger partial charge in [0.15, 0.2) is 0 Å². The van der Waals surface area contributed by atoms with Gasteiger partial charge in [-0.3, -0.25) is 0 Å². The molecule has 0 radical (unpaired) electrons. The Bertz CT molecular complexity index is 294. The highest BCUT2D eigenvalue weighted by molar-refractivity contribution is 4.91. The largest absolute Gasteiger partial charge is 0.389 e. The molecular formula is C11H21N3O. The van der Waals surface area contributed by atoms with Crippen LogP contribution in [-0.4, -0.2) is 26.8 Å². The predicted octanol–water partition coefficient (Wildman–Crippen LogP) is 0.935. The average Bonchev–Trinajstić information content (AvgIpc) is 2.65. The van der Waals surface area contributed by atoms with Crippen LogP contribution in [0.4, 0.5) is 0 Å². The van der Waals surface area contributed by atoms with E-state index in [4.69, 9.17) is 5.73 Å². The Kier molecular flexibility index (Phi) is 4.29. The van der Waals surface area contributed by atoms with Crippen LogP contribution in [0.1, 0.15) is 32.5 Å². The Hall–Kier alpha value is -0.870. The first-order valence-corrected chi connectivity index (χ1v) is 5.51. The van der Waals surface area contributed by atoms with Crippen LogP contribution in [0.2, 0.25) is 0 Å². The number of rotatable bonds is 6. The molecular weight excluding hydrogens is 190 g/mol. The van der Waals surface area contributed by atoms with Gasteiger partial charge < -0.3 is 15.4 Å². The van der Waals surface area contributed by atoms with E-state index in [1.165, 1.54) is 0 Å². The number of aryl methyl sites for hydroxylation is 2. The smallest absolute Gasteiger partial charge is 0.108 e. The van der Waals surface area contributed by atoms with Crippen LogP contribution in [-0.2, 0) is 13.0 Å². The molecule has 3 N–H and O–H groups in total. The van der Waals surface area contributed by atoms with E-state index in [0.29, 0.717) is 6.54 Å². The molecule has 1 rings (SSSR count). The van der Waals surface area contributed by atoms with Crippen molar-refractivity contribution in [2.24, 2.45) is 5.73 Å². The zero-order valence-corrected chi connectivity index (χ0v) is 9.61. The van der Waals surface area contributed by atoms with E-state index in [1.807, 2.05) is 12.4 Å². The molecule has 86 valence electrons. The quantitative estimate of drug-likeness (QED) is 0.736. The van der Waals surface area contributed by atoms with Crippen molar-refractivity contribution in [2.75, 3.05) is 6.54 Å². The summed E-state index contributed by atoms with van der Waals surface area (Å²) in [6.07, 6.45) is 6.40. The molecule has 0 saturated carbocycles. The van der Waals surface area contributed by atoms with E-state index in [1.54, 1.807) is 6.92 Å². The van der Waals surface area contributed by atoms with E-state index in [2.05, 4.69) is 16.5 Å². The van der Waals surface area contributed by atoms with Gasteiger partial charge in [0.05, 0.1) is 5.60 Å². The molecule has 0 saturated heterocycles. The van der Waals surface area contributed by atoms with E-state index >= 15 is 0 Å². The molecule has 0 fully saturated rings. The molecule has 4 nitrogen and oxygen atoms in total. The van der Waals surface area contributed by atoms with Crippen LogP contribution >= 0.6 is 0 Å². The summed E-state index contributed by atoms with van der Waals surface area (Å²) in [5.41, 5.74) is 4.72. The Labute approximate surface area is 91.1 Å². The molecule has 0 aliphatic carbocycles. The van der Waals surface area contributed by atoms with E-state index < -0.39 is 5.60 Å². The topological polar surface area (TPSA) is 64.1 Å². The number of nitrogens with zero attached hydrogens (tertiary/aromatic N) is 2. The summed E-state index contributed by atoms with van der Waals surface area (Å²) in [6, 6.07) is 0. The fourth-order valence-corrected chi connectivity index (χ4v) is 1.59. The van der Waals surface area contributed by atoms with Gasteiger partial charge in [0.2, 0.25) is 0 Å². The van der Waals surface area contributed by atoms with Crippen LogP contribution < -0.4 is 5.73 Å². The van der Waals surface area contributed by atoms with Gasteiger partial charge in [0.1, 0.15) is 5.82 Å². The second-order valence-electron chi connectivity index (χ2n) is 4.20. The number of aromatic nitrogens is 2. The molecule has 0 spiro atoms. The highest BCUT2D eigenvalue weighted by Gasteiger charge is 2.17. The third kappa shape index (κ3) is 3.64. The number of aliphatic hydroxyl groups is 1. The minimum atomic E-state index is -0.729. The van der Waals surface area contributed by atoms with Gasteiger partial charge in [-0.2, -0.15) is 0 Å². The summed E-state index contributed by atoms with van der Waals surface area (Å²) in [5, 5.41) is 9.73. The maximum Gasteiger partial charge on any atom is 0.108 e. The Morgan fingerprint density at radius 2 is 2.33 bits per heavy atom. The zero-order valence-electron chi connectivity index (χ0n) is 9.61. The van der Waals surface area contributed by atoms with Crippen molar-refractivity contribution in [2.45, 2.75) is 45.3 Å². The standard InChI is InChI=1S/C11H21N3O/c1-3-10-13-6-8-14(10)7-4-5-11(2,15)9-12/h6,8,15H,3-5,7,9,12H2,1-2H3. The second kappa shape index (κ2) is 5.28. The van der Waals surface area contributed by atoms with Gasteiger partial charge in [-0.15, -0.1) is 0 Å². The molecule has 0 aromatic carbocycles. The minimum Gasteiger partial charge on any atom is -0.389 e. The third-order valence-electron chi connectivity index (χ3n) is 2.67. The van der Waals surface area contributed by atoms with Gasteiger partial charge in [-0.1, -0.05) is 6.92 Å². The monoisotopic (exact) mass is 211 g/mol. The molecule has 0 aliphatic rings. The van der Waals surface area contributed by atoms with Crippen LogP contribution in [0.15, 0.2) is 12.4 Å². The van der Waals surface area contributed by atoms with Crippen molar-refractivity contribution in [1.29, 1.82) is 0 Å². The van der Waals surface area contributed by atoms with Gasteiger partial charge in [-0.05, 0) is 19.8 Å². The van der Waals surface area contributed by atoms with Gasteiger partial charge in [0, 0.05) is 31.9 Å². The molecule has 0 amide bonds. The first kappa shape index (κ1) is 12.2. The first-order chi connectivity index (χ1) is 7.09. The lowest BCUT2D eigenvalue weighted by atomic mass is 10.0. The van der Waals surface area contributed by atoms with Crippen molar-refractivity contribution in [3.05, 3.63) is 18.2 Å². The number of imidazole rings is 1. The molecule has 4 heteroatoms. The maximum atomic E-state index is 9.73. The van der Waals surface area contributed by atoms with Crippen molar-refractivity contribution in [3.63, 3.8) is 0 Å². The number of nitrogens with two attached hydrogens (primary N) is 1. The van der Waals surface area contributed by atoms with Crippen LogP contribution in [0.25, 0.3) is 0 Å². The lowest BCUT2D eigenvalue weighted by Crippen LogP contribution is -2.34. The molecule has 1 unspecified atom stereocenters. The molecule has 0 aliphatic heterocycles. The Morgan fingerprint density at radius 1 is 1.60 bits per heavy atom. The molecule has 1 aromatic rings. The average molecular weight is 211 g/mol. The third-order valence-corrected chi connectivity index (χ3v) is 2.67. The highest BCUT2D eigenvalue weighted by atomic mass is 16.3. The van der Waals surface area contributed by atoms with Crippen LogP contribution in [0, 0.1) is 0 Å². The minimum absolute atomic E-state index is 0.317. The number of hydrogen-bond acceptors (Lipinski definition) is 3. The lowest BCUT2D eigenvalue weighted by Gasteiger charge is -2.20. The molecule has 15 heavy (non-hydrogen) atoms. The van der Waals surface area contributed by atoms with E-state index in [9.17, 15) is 5.11 Å². The van der Waals surface area contributed by atoms with Crippen molar-refractivity contribution < 1.29 is 5.11 Å². The molecule has 1 aromatic heterocycles. The summed E-state index contributed by atoms with van der Waals surface area (Å²) in [7, 11) is 0. The van der Waals surface area contributed by atoms with Crippen LogP contribution in [0.3, 0.4) is 0 Å². The van der Waals surface area contributed by atoms with Crippen molar-refractivity contribution in [1.82, 2.24) is 9.55 Å². The fourth-order valence-electron chi connectivity index (χ4n) is 1.59. The summed E-state index contributed by atoms with van der Waals surface area (Å²) >= 11 is 0. The fraction of sp³-hybridized carbons (Fsp3) is 0.727. The van der Waals surface area contributed by atoms with Gasteiger partial charge in [-0.25, -0.2) is 4.98 Å². The maximum absolute atomic E-state index is 9.73.